The second kappa shape index (κ2) is 7.81. The number of aryl methyl sites for hydroxylation is 1. The van der Waals surface area contributed by atoms with Gasteiger partial charge in [-0.25, -0.2) is 4.98 Å². The number of anilines is 1. The van der Waals surface area contributed by atoms with Crippen molar-refractivity contribution in [3.05, 3.63) is 35.1 Å². The van der Waals surface area contributed by atoms with Crippen LogP contribution in [0, 0.1) is 0 Å². The van der Waals surface area contributed by atoms with Crippen molar-refractivity contribution in [2.45, 2.75) is 13.3 Å². The summed E-state index contributed by atoms with van der Waals surface area (Å²) < 4.78 is 9.83. The van der Waals surface area contributed by atoms with Gasteiger partial charge < -0.3 is 14.5 Å². The molecule has 1 saturated heterocycles. The minimum Gasteiger partial charge on any atom is -0.484 e. The lowest BCUT2D eigenvalue weighted by Gasteiger charge is -2.34. The maximum absolute atomic E-state index is 12.3. The van der Waals surface area contributed by atoms with E-state index in [1.807, 2.05) is 11.8 Å². The number of rotatable bonds is 5. The third kappa shape index (κ3) is 4.15. The number of hydrogen-bond donors (Lipinski definition) is 0. The van der Waals surface area contributed by atoms with Gasteiger partial charge in [0.2, 0.25) is 5.13 Å². The Morgan fingerprint density at radius 2 is 1.96 bits per heavy atom. The van der Waals surface area contributed by atoms with E-state index in [0.29, 0.717) is 23.9 Å². The molecule has 0 N–H and O–H groups in total. The third-order valence-corrected chi connectivity index (χ3v) is 4.92. The minimum atomic E-state index is -0.00360. The highest BCUT2D eigenvalue weighted by molar-refractivity contribution is 7.09. The van der Waals surface area contributed by atoms with Crippen LogP contribution in [0.2, 0.25) is 5.02 Å². The van der Waals surface area contributed by atoms with Crippen LogP contribution in [0.1, 0.15) is 12.7 Å². The second-order valence-corrected chi connectivity index (χ2v) is 6.62. The predicted molar refractivity (Wildman–Crippen MR) is 95.0 cm³/mol. The highest BCUT2D eigenvalue weighted by atomic mass is 35.5. The Balaban J connectivity index is 1.47. The van der Waals surface area contributed by atoms with E-state index < -0.39 is 0 Å². The van der Waals surface area contributed by atoms with Gasteiger partial charge in [0, 0.05) is 49.2 Å². The average Bonchev–Trinajstić information content (AvgIpc) is 3.10. The average molecular weight is 367 g/mol. The molecule has 2 aromatic rings. The van der Waals surface area contributed by atoms with E-state index in [2.05, 4.69) is 14.3 Å². The highest BCUT2D eigenvalue weighted by Gasteiger charge is 2.23. The molecule has 1 aromatic carbocycles. The van der Waals surface area contributed by atoms with Crippen LogP contribution in [0.15, 0.2) is 24.3 Å². The largest absolute Gasteiger partial charge is 0.484 e. The van der Waals surface area contributed by atoms with Crippen LogP contribution < -0.4 is 9.64 Å². The van der Waals surface area contributed by atoms with Gasteiger partial charge in [-0.1, -0.05) is 18.5 Å². The standard InChI is InChI=1S/C16H19ClN4O2S/c1-2-14-18-16(24-19-14)21-9-7-20(8-10-21)15(22)11-23-13-5-3-12(17)4-6-13/h3-6H,2,7-11H2,1H3. The first-order valence-electron chi connectivity index (χ1n) is 7.89. The Bertz CT molecular complexity index is 684. The number of piperazine rings is 1. The van der Waals surface area contributed by atoms with E-state index in [1.54, 1.807) is 24.3 Å². The lowest BCUT2D eigenvalue weighted by molar-refractivity contribution is -0.133. The van der Waals surface area contributed by atoms with Gasteiger partial charge in [-0.3, -0.25) is 4.79 Å². The van der Waals surface area contributed by atoms with Crippen molar-refractivity contribution in [1.82, 2.24) is 14.3 Å². The number of amides is 1. The Morgan fingerprint density at radius 3 is 2.58 bits per heavy atom. The molecular formula is C16H19ClN4O2S. The molecule has 0 aliphatic carbocycles. The van der Waals surface area contributed by atoms with Crippen LogP contribution in [0.5, 0.6) is 5.75 Å². The van der Waals surface area contributed by atoms with E-state index in [-0.39, 0.29) is 12.5 Å². The summed E-state index contributed by atoms with van der Waals surface area (Å²) in [5.41, 5.74) is 0. The molecule has 0 unspecified atom stereocenters. The van der Waals surface area contributed by atoms with Crippen molar-refractivity contribution in [3.8, 4) is 5.75 Å². The number of halogens is 1. The Labute approximate surface area is 150 Å². The fourth-order valence-electron chi connectivity index (χ4n) is 2.43. The molecule has 3 rings (SSSR count). The molecule has 0 atom stereocenters. The van der Waals surface area contributed by atoms with Crippen molar-refractivity contribution in [3.63, 3.8) is 0 Å². The molecule has 1 amide bonds. The molecule has 6 nitrogen and oxygen atoms in total. The van der Waals surface area contributed by atoms with Gasteiger partial charge in [0.25, 0.3) is 5.91 Å². The van der Waals surface area contributed by atoms with Crippen molar-refractivity contribution >= 4 is 34.2 Å². The fraction of sp³-hybridized carbons (Fsp3) is 0.438. The molecule has 1 fully saturated rings. The Kier molecular flexibility index (Phi) is 5.52. The number of ether oxygens (including phenoxy) is 1. The molecule has 2 heterocycles. The number of nitrogens with zero attached hydrogens (tertiary/aromatic N) is 4. The smallest absolute Gasteiger partial charge is 0.260 e. The first-order valence-corrected chi connectivity index (χ1v) is 9.04. The van der Waals surface area contributed by atoms with Crippen LogP contribution in [0.4, 0.5) is 5.13 Å². The monoisotopic (exact) mass is 366 g/mol. The zero-order chi connectivity index (χ0) is 16.9. The van der Waals surface area contributed by atoms with Crippen LogP contribution in [-0.4, -0.2) is 53.0 Å². The summed E-state index contributed by atoms with van der Waals surface area (Å²) in [5.74, 6) is 1.52. The lowest BCUT2D eigenvalue weighted by atomic mass is 10.3. The zero-order valence-electron chi connectivity index (χ0n) is 13.4. The van der Waals surface area contributed by atoms with Gasteiger partial charge >= 0.3 is 0 Å². The van der Waals surface area contributed by atoms with Gasteiger partial charge in [0.1, 0.15) is 11.6 Å². The highest BCUT2D eigenvalue weighted by Crippen LogP contribution is 2.19. The number of hydrogen-bond acceptors (Lipinski definition) is 6. The van der Waals surface area contributed by atoms with Crippen molar-refractivity contribution in [2.75, 3.05) is 37.7 Å². The molecule has 1 aliphatic heterocycles. The van der Waals surface area contributed by atoms with Gasteiger partial charge in [-0.2, -0.15) is 4.37 Å². The molecule has 128 valence electrons. The molecule has 0 spiro atoms. The first-order chi connectivity index (χ1) is 11.7. The SMILES string of the molecule is CCc1nsc(N2CCN(C(=O)COc3ccc(Cl)cc3)CC2)n1. The van der Waals surface area contributed by atoms with Crippen LogP contribution in [0.25, 0.3) is 0 Å². The van der Waals surface area contributed by atoms with Gasteiger partial charge in [-0.15, -0.1) is 0 Å². The summed E-state index contributed by atoms with van der Waals surface area (Å²) in [6.07, 6.45) is 0.844. The summed E-state index contributed by atoms with van der Waals surface area (Å²) in [4.78, 5) is 20.8. The van der Waals surface area contributed by atoms with Crippen LogP contribution in [-0.2, 0) is 11.2 Å². The number of carbonyl (C=O) groups excluding carboxylic acids is 1. The summed E-state index contributed by atoms with van der Waals surface area (Å²) in [6.45, 7) is 4.97. The van der Waals surface area contributed by atoms with Crippen molar-refractivity contribution in [1.29, 1.82) is 0 Å². The molecule has 1 aromatic heterocycles. The number of aromatic nitrogens is 2. The quantitative estimate of drug-likeness (QED) is 0.813. The van der Waals surface area contributed by atoms with Crippen molar-refractivity contribution in [2.24, 2.45) is 0 Å². The van der Waals surface area contributed by atoms with E-state index in [0.717, 1.165) is 30.5 Å². The molecule has 24 heavy (non-hydrogen) atoms. The molecule has 0 saturated carbocycles. The number of carbonyl (C=O) groups is 1. The zero-order valence-corrected chi connectivity index (χ0v) is 15.0. The summed E-state index contributed by atoms with van der Waals surface area (Å²) >= 11 is 7.25. The second-order valence-electron chi connectivity index (χ2n) is 5.46. The van der Waals surface area contributed by atoms with Gasteiger partial charge in [0.15, 0.2) is 6.61 Å². The summed E-state index contributed by atoms with van der Waals surface area (Å²) in [6, 6.07) is 7.00. The third-order valence-electron chi connectivity index (χ3n) is 3.85. The van der Waals surface area contributed by atoms with Gasteiger partial charge in [-0.05, 0) is 24.3 Å². The van der Waals surface area contributed by atoms with Gasteiger partial charge in [0.05, 0.1) is 0 Å². The normalized spacial score (nSPS) is 14.8. The molecule has 8 heteroatoms. The molecule has 1 aliphatic rings. The molecule has 0 bridgehead atoms. The Hall–Kier alpha value is -1.86. The Morgan fingerprint density at radius 1 is 1.25 bits per heavy atom. The maximum Gasteiger partial charge on any atom is 0.260 e. The van der Waals surface area contributed by atoms with E-state index in [4.69, 9.17) is 16.3 Å². The maximum atomic E-state index is 12.3. The van der Waals surface area contributed by atoms with Crippen LogP contribution in [0.3, 0.4) is 0 Å². The van der Waals surface area contributed by atoms with Crippen LogP contribution >= 0.6 is 23.1 Å². The van der Waals surface area contributed by atoms with E-state index >= 15 is 0 Å². The first kappa shape index (κ1) is 17.0. The summed E-state index contributed by atoms with van der Waals surface area (Å²) in [7, 11) is 0. The fourth-order valence-corrected chi connectivity index (χ4v) is 3.36. The number of benzene rings is 1. The molecular weight excluding hydrogens is 348 g/mol. The predicted octanol–water partition coefficient (Wildman–Crippen LogP) is 2.48. The van der Waals surface area contributed by atoms with E-state index in [9.17, 15) is 4.79 Å². The summed E-state index contributed by atoms with van der Waals surface area (Å²) in [5, 5.41) is 1.59. The molecule has 0 radical (unpaired) electrons. The van der Waals surface area contributed by atoms with Crippen molar-refractivity contribution < 1.29 is 9.53 Å². The van der Waals surface area contributed by atoms with E-state index in [1.165, 1.54) is 11.5 Å². The lowest BCUT2D eigenvalue weighted by Crippen LogP contribution is -2.50. The topological polar surface area (TPSA) is 58.6 Å². The minimum absolute atomic E-state index is 0.00360.